The van der Waals surface area contributed by atoms with Crippen LogP contribution in [0, 0.1) is 5.92 Å². The fourth-order valence-corrected chi connectivity index (χ4v) is 5.49. The Morgan fingerprint density at radius 1 is 0.951 bits per heavy atom. The van der Waals surface area contributed by atoms with Gasteiger partial charge in [0, 0.05) is 31.6 Å². The topological polar surface area (TPSA) is 73.3 Å². The molecule has 0 saturated carbocycles. The van der Waals surface area contributed by atoms with E-state index in [4.69, 9.17) is 4.74 Å². The molecule has 0 unspecified atom stereocenters. The minimum absolute atomic E-state index is 0.0217. The van der Waals surface area contributed by atoms with Gasteiger partial charge in [0.25, 0.3) is 5.91 Å². The van der Waals surface area contributed by atoms with Crippen molar-refractivity contribution in [3.8, 4) is 11.1 Å². The van der Waals surface area contributed by atoms with Gasteiger partial charge in [-0.25, -0.2) is 0 Å². The summed E-state index contributed by atoms with van der Waals surface area (Å²) >= 11 is 0. The van der Waals surface area contributed by atoms with Gasteiger partial charge in [-0.3, -0.25) is 14.5 Å². The lowest BCUT2D eigenvalue weighted by Crippen LogP contribution is -2.50. The molecule has 3 aromatic carbocycles. The number of carbonyl (C=O) groups excluding carboxylic acids is 2. The van der Waals surface area contributed by atoms with E-state index in [0.717, 1.165) is 22.3 Å². The van der Waals surface area contributed by atoms with Gasteiger partial charge < -0.3 is 19.6 Å². The van der Waals surface area contributed by atoms with Gasteiger partial charge in [-0.2, -0.15) is 0 Å². The molecule has 3 aromatic rings. The number of carbonyl (C=O) groups is 2. The van der Waals surface area contributed by atoms with Crippen LogP contribution in [0.15, 0.2) is 78.9 Å². The molecule has 1 heterocycles. The van der Waals surface area contributed by atoms with Crippen LogP contribution in [-0.2, 0) is 22.6 Å². The zero-order valence-corrected chi connectivity index (χ0v) is 24.9. The highest BCUT2D eigenvalue weighted by atomic mass is 16.5. The van der Waals surface area contributed by atoms with Crippen LogP contribution in [0.4, 0.5) is 0 Å². The lowest BCUT2D eigenvalue weighted by Gasteiger charge is -2.36. The zero-order chi connectivity index (χ0) is 29.5. The largest absolute Gasteiger partial charge is 0.394 e. The van der Waals surface area contributed by atoms with E-state index < -0.39 is 0 Å². The third-order valence-electron chi connectivity index (χ3n) is 8.10. The summed E-state index contributed by atoms with van der Waals surface area (Å²) in [6.45, 7) is 4.88. The van der Waals surface area contributed by atoms with Crippen molar-refractivity contribution < 1.29 is 19.4 Å². The normalized spacial score (nSPS) is 19.1. The van der Waals surface area contributed by atoms with Crippen molar-refractivity contribution in [1.29, 1.82) is 0 Å². The molecular weight excluding hydrogens is 514 g/mol. The Labute approximate surface area is 244 Å². The lowest BCUT2D eigenvalue weighted by atomic mass is 9.94. The molecule has 0 aliphatic carbocycles. The monoisotopic (exact) mass is 557 g/mol. The average Bonchev–Trinajstić information content (AvgIpc) is 3.01. The molecule has 218 valence electrons. The Kier molecular flexibility index (Phi) is 10.3. The molecule has 4 atom stereocenters. The molecule has 1 N–H and O–H groups in total. The van der Waals surface area contributed by atoms with E-state index in [1.807, 2.05) is 112 Å². The minimum atomic E-state index is -0.377. The second kappa shape index (κ2) is 13.9. The summed E-state index contributed by atoms with van der Waals surface area (Å²) in [4.78, 5) is 33.2. The van der Waals surface area contributed by atoms with Gasteiger partial charge in [-0.15, -0.1) is 0 Å². The van der Waals surface area contributed by atoms with Gasteiger partial charge in [0.2, 0.25) is 5.91 Å². The first-order valence-corrected chi connectivity index (χ1v) is 14.4. The van der Waals surface area contributed by atoms with Gasteiger partial charge in [-0.05, 0) is 55.8 Å². The number of hydrogen-bond acceptors (Lipinski definition) is 5. The smallest absolute Gasteiger partial charge is 0.254 e. The van der Waals surface area contributed by atoms with Crippen LogP contribution >= 0.6 is 0 Å². The number of rotatable bonds is 8. The summed E-state index contributed by atoms with van der Waals surface area (Å²) in [5.41, 5.74) is 4.49. The number of fused-ring (bicyclic) bond motifs is 3. The lowest BCUT2D eigenvalue weighted by molar-refractivity contribution is -0.137. The van der Waals surface area contributed by atoms with Crippen LogP contribution in [0.5, 0.6) is 0 Å². The van der Waals surface area contributed by atoms with Crippen molar-refractivity contribution in [2.45, 2.75) is 45.1 Å². The van der Waals surface area contributed by atoms with Crippen LogP contribution in [0.3, 0.4) is 0 Å². The summed E-state index contributed by atoms with van der Waals surface area (Å²) in [6.07, 6.45) is 0.277. The SMILES string of the molecule is C[C@@H]1CN([C@H](C)CO)C(=O)c2ccccc2-c2ccccc2CO[C@@H]1CN(C)C(=O)[C@H](Cc1ccccc1)N(C)C. The number of aliphatic hydroxyl groups is 1. The maximum Gasteiger partial charge on any atom is 0.254 e. The molecule has 0 spiro atoms. The van der Waals surface area contributed by atoms with Crippen molar-refractivity contribution in [2.24, 2.45) is 5.92 Å². The van der Waals surface area contributed by atoms with Crippen LogP contribution in [0.1, 0.15) is 35.3 Å². The van der Waals surface area contributed by atoms with Crippen LogP contribution in [0.25, 0.3) is 11.1 Å². The summed E-state index contributed by atoms with van der Waals surface area (Å²) in [7, 11) is 5.69. The van der Waals surface area contributed by atoms with Crippen molar-refractivity contribution >= 4 is 11.8 Å². The summed E-state index contributed by atoms with van der Waals surface area (Å²) in [6, 6.07) is 25.0. The van der Waals surface area contributed by atoms with Gasteiger partial charge in [-0.1, -0.05) is 79.7 Å². The van der Waals surface area contributed by atoms with E-state index in [-0.39, 0.29) is 42.5 Å². The standard InChI is InChI=1S/C34H43N3O4/c1-24-20-37(25(2)22-38)33(39)30-18-12-11-17-29(30)28-16-10-9-15-27(28)23-41-32(24)21-36(5)34(40)31(35(3)4)19-26-13-7-6-8-14-26/h6-18,24-25,31-32,38H,19-23H2,1-5H3/t24-,25-,31+,32-/m1/s1. The molecule has 4 rings (SSSR count). The second-order valence-electron chi connectivity index (χ2n) is 11.4. The molecule has 0 radical (unpaired) electrons. The first kappa shape index (κ1) is 30.4. The van der Waals surface area contributed by atoms with E-state index in [1.165, 1.54) is 0 Å². The first-order chi connectivity index (χ1) is 19.7. The van der Waals surface area contributed by atoms with Crippen molar-refractivity contribution in [1.82, 2.24) is 14.7 Å². The summed E-state index contributed by atoms with van der Waals surface area (Å²) in [5, 5.41) is 10.1. The predicted molar refractivity (Wildman–Crippen MR) is 162 cm³/mol. The fraction of sp³-hybridized carbons (Fsp3) is 0.412. The van der Waals surface area contributed by atoms with Gasteiger partial charge in [0.1, 0.15) is 0 Å². The molecule has 7 nitrogen and oxygen atoms in total. The number of aliphatic hydroxyl groups excluding tert-OH is 1. The third-order valence-corrected chi connectivity index (χ3v) is 8.10. The highest BCUT2D eigenvalue weighted by Gasteiger charge is 2.32. The number of likely N-dealkylation sites (N-methyl/N-ethyl adjacent to an activating group) is 2. The predicted octanol–water partition coefficient (Wildman–Crippen LogP) is 4.34. The quantitative estimate of drug-likeness (QED) is 0.446. The van der Waals surface area contributed by atoms with E-state index in [2.05, 4.69) is 6.92 Å². The number of hydrogen-bond donors (Lipinski definition) is 1. The molecule has 0 fully saturated rings. The molecule has 7 heteroatoms. The Balaban J connectivity index is 1.65. The van der Waals surface area contributed by atoms with Crippen molar-refractivity contribution in [3.63, 3.8) is 0 Å². The highest BCUT2D eigenvalue weighted by Crippen LogP contribution is 2.31. The molecular formula is C34H43N3O4. The molecule has 0 bridgehead atoms. The molecule has 1 aliphatic rings. The number of ether oxygens (including phenoxy) is 1. The Morgan fingerprint density at radius 3 is 2.22 bits per heavy atom. The maximum absolute atomic E-state index is 14.0. The molecule has 2 amide bonds. The highest BCUT2D eigenvalue weighted by molar-refractivity contribution is 6.01. The zero-order valence-electron chi connectivity index (χ0n) is 24.9. The molecule has 1 aliphatic heterocycles. The Hall–Kier alpha value is -3.52. The Morgan fingerprint density at radius 2 is 1.56 bits per heavy atom. The number of benzene rings is 3. The molecule has 0 aromatic heterocycles. The van der Waals surface area contributed by atoms with E-state index in [1.54, 1.807) is 9.80 Å². The van der Waals surface area contributed by atoms with Crippen molar-refractivity contribution in [2.75, 3.05) is 40.8 Å². The molecule has 0 saturated heterocycles. The summed E-state index contributed by atoms with van der Waals surface area (Å²) in [5.74, 6) is -0.203. The average molecular weight is 558 g/mol. The van der Waals surface area contributed by atoms with Crippen LogP contribution < -0.4 is 0 Å². The minimum Gasteiger partial charge on any atom is -0.394 e. The molecule has 41 heavy (non-hydrogen) atoms. The van der Waals surface area contributed by atoms with Crippen LogP contribution in [0.2, 0.25) is 0 Å². The number of nitrogens with zero attached hydrogens (tertiary/aromatic N) is 3. The van der Waals surface area contributed by atoms with E-state index >= 15 is 0 Å². The van der Waals surface area contributed by atoms with E-state index in [0.29, 0.717) is 31.7 Å². The first-order valence-electron chi connectivity index (χ1n) is 14.4. The van der Waals surface area contributed by atoms with Gasteiger partial charge >= 0.3 is 0 Å². The second-order valence-corrected chi connectivity index (χ2v) is 11.4. The van der Waals surface area contributed by atoms with Crippen LogP contribution in [-0.4, -0.2) is 90.6 Å². The van der Waals surface area contributed by atoms with Gasteiger partial charge in [0.15, 0.2) is 0 Å². The maximum atomic E-state index is 14.0. The van der Waals surface area contributed by atoms with Crippen molar-refractivity contribution in [3.05, 3.63) is 95.6 Å². The summed E-state index contributed by atoms with van der Waals surface area (Å²) < 4.78 is 6.60. The van der Waals surface area contributed by atoms with Gasteiger partial charge in [0.05, 0.1) is 31.4 Å². The van der Waals surface area contributed by atoms with E-state index in [9.17, 15) is 14.7 Å². The third kappa shape index (κ3) is 7.22. The fourth-order valence-electron chi connectivity index (χ4n) is 5.49. The Bertz CT molecular complexity index is 1310. The number of amides is 2.